The van der Waals surface area contributed by atoms with Gasteiger partial charge in [-0.15, -0.1) is 0 Å². The van der Waals surface area contributed by atoms with Crippen LogP contribution in [-0.2, 0) is 14.8 Å². The number of methoxy groups -OCH3 is 1. The Morgan fingerprint density at radius 1 is 1.38 bits per heavy atom. The summed E-state index contributed by atoms with van der Waals surface area (Å²) in [6, 6.07) is 6.92. The van der Waals surface area contributed by atoms with Gasteiger partial charge in [-0.3, -0.25) is 0 Å². The third kappa shape index (κ3) is 2.11. The minimum atomic E-state index is -3.30. The highest BCUT2D eigenvalue weighted by Crippen LogP contribution is 2.28. The van der Waals surface area contributed by atoms with Crippen LogP contribution in [0.5, 0.6) is 0 Å². The highest BCUT2D eigenvalue weighted by atomic mass is 32.2. The number of hydrogen-bond acceptors (Lipinski definition) is 3. The second-order valence-corrected chi connectivity index (χ2v) is 5.89. The molecule has 5 heteroatoms. The Balaban J connectivity index is 2.18. The topological polar surface area (TPSA) is 46.4 Å². The standard InChI is InChI=1S/C11H15NO3S/c1-9-3-5-11(6-4-9)16(13,14)12-7-10(12)8-15-2/h3-6,10H,7-8H2,1-2H3/t10-,12?/m1/s1. The van der Waals surface area contributed by atoms with Gasteiger partial charge in [-0.25, -0.2) is 8.42 Å². The highest BCUT2D eigenvalue weighted by Gasteiger charge is 2.44. The van der Waals surface area contributed by atoms with E-state index in [9.17, 15) is 8.42 Å². The van der Waals surface area contributed by atoms with Crippen LogP contribution in [0.1, 0.15) is 5.56 Å². The third-order valence-corrected chi connectivity index (χ3v) is 4.58. The number of sulfonamides is 1. The van der Waals surface area contributed by atoms with Gasteiger partial charge in [0, 0.05) is 13.7 Å². The van der Waals surface area contributed by atoms with Crippen molar-refractivity contribution in [2.24, 2.45) is 0 Å². The predicted molar refractivity (Wildman–Crippen MR) is 60.7 cm³/mol. The lowest BCUT2D eigenvalue weighted by atomic mass is 10.2. The Morgan fingerprint density at radius 2 is 2.00 bits per heavy atom. The van der Waals surface area contributed by atoms with Crippen molar-refractivity contribution in [1.82, 2.24) is 4.31 Å². The minimum Gasteiger partial charge on any atom is -0.383 e. The number of aryl methyl sites for hydroxylation is 1. The SMILES string of the molecule is COC[C@H]1CN1S(=O)(=O)c1ccc(C)cc1. The lowest BCUT2D eigenvalue weighted by molar-refractivity contribution is 0.195. The van der Waals surface area contributed by atoms with Crippen molar-refractivity contribution in [2.75, 3.05) is 20.3 Å². The molecule has 0 radical (unpaired) electrons. The Kier molecular flexibility index (Phi) is 3.01. The average molecular weight is 241 g/mol. The summed E-state index contributed by atoms with van der Waals surface area (Å²) in [6.45, 7) is 2.96. The van der Waals surface area contributed by atoms with Crippen LogP contribution in [-0.4, -0.2) is 39.0 Å². The largest absolute Gasteiger partial charge is 0.383 e. The van der Waals surface area contributed by atoms with Gasteiger partial charge in [0.2, 0.25) is 10.0 Å². The van der Waals surface area contributed by atoms with Crippen molar-refractivity contribution in [3.63, 3.8) is 0 Å². The van der Waals surface area contributed by atoms with Crippen molar-refractivity contribution >= 4 is 10.0 Å². The minimum absolute atomic E-state index is 0.0105. The van der Waals surface area contributed by atoms with Gasteiger partial charge >= 0.3 is 0 Å². The molecule has 1 unspecified atom stereocenters. The van der Waals surface area contributed by atoms with E-state index in [-0.39, 0.29) is 6.04 Å². The van der Waals surface area contributed by atoms with E-state index >= 15 is 0 Å². The second-order valence-electron chi connectivity index (χ2n) is 4.00. The molecule has 1 saturated heterocycles. The fourth-order valence-corrected chi connectivity index (χ4v) is 3.20. The Hall–Kier alpha value is -0.910. The molecule has 1 heterocycles. The van der Waals surface area contributed by atoms with Gasteiger partial charge in [-0.2, -0.15) is 4.31 Å². The van der Waals surface area contributed by atoms with Gasteiger partial charge in [-0.1, -0.05) is 17.7 Å². The lowest BCUT2D eigenvalue weighted by Crippen LogP contribution is -2.16. The first-order chi connectivity index (χ1) is 7.55. The summed E-state index contributed by atoms with van der Waals surface area (Å²) in [6.07, 6.45) is 0. The molecule has 1 fully saturated rings. The molecule has 0 amide bonds. The normalized spacial score (nSPS) is 24.4. The van der Waals surface area contributed by atoms with Gasteiger partial charge < -0.3 is 4.74 Å². The predicted octanol–water partition coefficient (Wildman–Crippen LogP) is 1.01. The number of hydrogen-bond donors (Lipinski definition) is 0. The zero-order chi connectivity index (χ0) is 11.8. The van der Waals surface area contributed by atoms with E-state index in [2.05, 4.69) is 0 Å². The van der Waals surface area contributed by atoms with Crippen LogP contribution < -0.4 is 0 Å². The van der Waals surface area contributed by atoms with E-state index in [1.165, 1.54) is 4.31 Å². The average Bonchev–Trinajstić information content (AvgIpc) is 2.99. The third-order valence-electron chi connectivity index (χ3n) is 2.65. The molecule has 1 aliphatic rings. The Bertz CT molecular complexity index is 467. The van der Waals surface area contributed by atoms with Crippen molar-refractivity contribution < 1.29 is 13.2 Å². The monoisotopic (exact) mass is 241 g/mol. The van der Waals surface area contributed by atoms with Crippen LogP contribution in [0.25, 0.3) is 0 Å². The van der Waals surface area contributed by atoms with Crippen LogP contribution >= 0.6 is 0 Å². The van der Waals surface area contributed by atoms with Crippen molar-refractivity contribution in [3.8, 4) is 0 Å². The molecule has 4 nitrogen and oxygen atoms in total. The van der Waals surface area contributed by atoms with E-state index in [0.717, 1.165) is 5.56 Å². The van der Waals surface area contributed by atoms with Gasteiger partial charge in [0.25, 0.3) is 0 Å². The van der Waals surface area contributed by atoms with E-state index in [0.29, 0.717) is 18.0 Å². The second kappa shape index (κ2) is 4.16. The highest BCUT2D eigenvalue weighted by molar-refractivity contribution is 7.89. The summed E-state index contributed by atoms with van der Waals surface area (Å²) in [5.41, 5.74) is 1.05. The van der Waals surface area contributed by atoms with Crippen LogP contribution in [0.2, 0.25) is 0 Å². The van der Waals surface area contributed by atoms with Crippen molar-refractivity contribution in [2.45, 2.75) is 17.9 Å². The van der Waals surface area contributed by atoms with Crippen LogP contribution in [0.15, 0.2) is 29.2 Å². The van der Waals surface area contributed by atoms with Gasteiger partial charge in [-0.05, 0) is 19.1 Å². The van der Waals surface area contributed by atoms with E-state index < -0.39 is 10.0 Å². The maximum absolute atomic E-state index is 12.1. The van der Waals surface area contributed by atoms with Crippen LogP contribution in [0.3, 0.4) is 0 Å². The molecule has 2 atom stereocenters. The van der Waals surface area contributed by atoms with E-state index in [1.54, 1.807) is 19.2 Å². The van der Waals surface area contributed by atoms with Crippen molar-refractivity contribution in [3.05, 3.63) is 29.8 Å². The lowest BCUT2D eigenvalue weighted by Gasteiger charge is -2.06. The maximum Gasteiger partial charge on any atom is 0.243 e. The molecule has 1 aromatic rings. The first-order valence-electron chi connectivity index (χ1n) is 5.13. The zero-order valence-corrected chi connectivity index (χ0v) is 10.2. The molecule has 16 heavy (non-hydrogen) atoms. The number of rotatable bonds is 4. The number of ether oxygens (including phenoxy) is 1. The summed E-state index contributed by atoms with van der Waals surface area (Å²) in [5, 5.41) is 0. The number of nitrogens with zero attached hydrogens (tertiary/aromatic N) is 1. The zero-order valence-electron chi connectivity index (χ0n) is 9.38. The van der Waals surface area contributed by atoms with Crippen LogP contribution in [0.4, 0.5) is 0 Å². The van der Waals surface area contributed by atoms with Gasteiger partial charge in [0.05, 0.1) is 17.5 Å². The molecule has 0 bridgehead atoms. The Morgan fingerprint density at radius 3 is 2.56 bits per heavy atom. The molecule has 1 aliphatic heterocycles. The summed E-state index contributed by atoms with van der Waals surface area (Å²) in [7, 11) is -1.72. The molecule has 0 N–H and O–H groups in total. The molecule has 0 saturated carbocycles. The summed E-state index contributed by atoms with van der Waals surface area (Å²) >= 11 is 0. The molecule has 2 rings (SSSR count). The van der Waals surface area contributed by atoms with Crippen molar-refractivity contribution in [1.29, 1.82) is 0 Å². The molecule has 1 aromatic carbocycles. The quantitative estimate of drug-likeness (QED) is 0.739. The fraction of sp³-hybridized carbons (Fsp3) is 0.455. The fourth-order valence-electron chi connectivity index (χ4n) is 1.63. The Labute approximate surface area is 95.9 Å². The molecular weight excluding hydrogens is 226 g/mol. The van der Waals surface area contributed by atoms with Gasteiger partial charge in [0.1, 0.15) is 0 Å². The summed E-state index contributed by atoms with van der Waals surface area (Å²) in [4.78, 5) is 0.358. The smallest absolute Gasteiger partial charge is 0.243 e. The summed E-state index contributed by atoms with van der Waals surface area (Å²) in [5.74, 6) is 0. The molecule has 0 spiro atoms. The molecule has 0 aliphatic carbocycles. The molecule has 88 valence electrons. The van der Waals surface area contributed by atoms with E-state index in [1.807, 2.05) is 19.1 Å². The first-order valence-corrected chi connectivity index (χ1v) is 6.57. The van der Waals surface area contributed by atoms with E-state index in [4.69, 9.17) is 4.74 Å². The summed E-state index contributed by atoms with van der Waals surface area (Å²) < 4.78 is 30.5. The molecule has 0 aromatic heterocycles. The number of benzene rings is 1. The molecular formula is C11H15NO3S. The first kappa shape index (κ1) is 11.6. The van der Waals surface area contributed by atoms with Gasteiger partial charge in [0.15, 0.2) is 0 Å². The maximum atomic E-state index is 12.1. The van der Waals surface area contributed by atoms with Crippen LogP contribution in [0, 0.1) is 6.92 Å².